The Morgan fingerprint density at radius 3 is 2.35 bits per heavy atom. The van der Waals surface area contributed by atoms with Crippen molar-refractivity contribution < 1.29 is 0 Å². The fourth-order valence-corrected chi connectivity index (χ4v) is 2.91. The molecule has 0 aliphatic rings. The van der Waals surface area contributed by atoms with E-state index in [1.165, 1.54) is 29.0 Å². The molecule has 0 saturated heterocycles. The minimum Gasteiger partial charge on any atom is -0.385 e. The fraction of sp³-hybridized carbons (Fsp3) is 0.333. The van der Waals surface area contributed by atoms with Gasteiger partial charge in [-0.3, -0.25) is 0 Å². The Bertz CT molecular complexity index is 479. The van der Waals surface area contributed by atoms with Gasteiger partial charge < -0.3 is 5.32 Å². The van der Waals surface area contributed by atoms with Crippen molar-refractivity contribution in [3.8, 4) is 0 Å². The van der Waals surface area contributed by atoms with Gasteiger partial charge in [0.05, 0.1) is 0 Å². The van der Waals surface area contributed by atoms with Crippen molar-refractivity contribution in [3.05, 3.63) is 65.7 Å². The monoisotopic (exact) mass is 285 g/mol. The zero-order valence-electron chi connectivity index (χ0n) is 12.1. The van der Waals surface area contributed by atoms with E-state index >= 15 is 0 Å². The Kier molecular flexibility index (Phi) is 6.52. The van der Waals surface area contributed by atoms with Crippen LogP contribution in [-0.4, -0.2) is 12.3 Å². The minimum atomic E-state index is 0.980. The van der Waals surface area contributed by atoms with Gasteiger partial charge in [-0.15, -0.1) is 0 Å². The molecule has 0 bridgehead atoms. The van der Waals surface area contributed by atoms with Crippen molar-refractivity contribution in [2.24, 2.45) is 0 Å². The van der Waals surface area contributed by atoms with E-state index in [1.54, 1.807) is 0 Å². The first-order valence-electron chi connectivity index (χ1n) is 7.33. The van der Waals surface area contributed by atoms with Gasteiger partial charge in [0.2, 0.25) is 0 Å². The van der Waals surface area contributed by atoms with Gasteiger partial charge in [-0.2, -0.15) is 11.8 Å². The maximum absolute atomic E-state index is 3.48. The summed E-state index contributed by atoms with van der Waals surface area (Å²) < 4.78 is 0. The third kappa shape index (κ3) is 5.30. The molecular weight excluding hydrogens is 262 g/mol. The van der Waals surface area contributed by atoms with Crippen LogP contribution in [0, 0.1) is 0 Å². The summed E-state index contributed by atoms with van der Waals surface area (Å²) >= 11 is 2.01. The maximum atomic E-state index is 3.48. The minimum absolute atomic E-state index is 0.980. The lowest BCUT2D eigenvalue weighted by atomic mass is 10.1. The van der Waals surface area contributed by atoms with Crippen molar-refractivity contribution in [3.63, 3.8) is 0 Å². The molecule has 106 valence electrons. The molecule has 1 nitrogen and oxygen atoms in total. The number of hydrogen-bond donors (Lipinski definition) is 1. The summed E-state index contributed by atoms with van der Waals surface area (Å²) in [5.74, 6) is 2.37. The molecular formula is C18H23NS. The van der Waals surface area contributed by atoms with Crippen LogP contribution in [-0.2, 0) is 12.2 Å². The molecule has 0 unspecified atom stereocenters. The lowest BCUT2D eigenvalue weighted by Crippen LogP contribution is -2.04. The SMILES string of the molecule is CCCSCc1ccc(NCCc2ccccc2)cc1. The third-order valence-corrected chi connectivity index (χ3v) is 4.39. The second-order valence-corrected chi connectivity index (χ2v) is 6.02. The molecule has 0 radical (unpaired) electrons. The molecule has 20 heavy (non-hydrogen) atoms. The zero-order chi connectivity index (χ0) is 14.0. The molecule has 2 rings (SSSR count). The number of thioether (sulfide) groups is 1. The smallest absolute Gasteiger partial charge is 0.0340 e. The van der Waals surface area contributed by atoms with Crippen LogP contribution < -0.4 is 5.32 Å². The van der Waals surface area contributed by atoms with Crippen LogP contribution >= 0.6 is 11.8 Å². The average Bonchev–Trinajstić information content (AvgIpc) is 2.50. The topological polar surface area (TPSA) is 12.0 Å². The molecule has 0 aliphatic heterocycles. The maximum Gasteiger partial charge on any atom is 0.0340 e. The summed E-state index contributed by atoms with van der Waals surface area (Å²) in [6, 6.07) is 19.4. The quantitative estimate of drug-likeness (QED) is 0.686. The van der Waals surface area contributed by atoms with Crippen molar-refractivity contribution in [2.75, 3.05) is 17.6 Å². The molecule has 0 aliphatic carbocycles. The Balaban J connectivity index is 1.73. The normalized spacial score (nSPS) is 10.4. The number of hydrogen-bond acceptors (Lipinski definition) is 2. The van der Waals surface area contributed by atoms with Gasteiger partial charge in [0.1, 0.15) is 0 Å². The third-order valence-electron chi connectivity index (χ3n) is 3.16. The fourth-order valence-electron chi connectivity index (χ4n) is 2.05. The molecule has 0 heterocycles. The van der Waals surface area contributed by atoms with Crippen LogP contribution in [0.25, 0.3) is 0 Å². The van der Waals surface area contributed by atoms with Crippen molar-refractivity contribution in [2.45, 2.75) is 25.5 Å². The Morgan fingerprint density at radius 1 is 0.900 bits per heavy atom. The molecule has 0 spiro atoms. The highest BCUT2D eigenvalue weighted by Gasteiger charge is 1.96. The molecule has 0 amide bonds. The van der Waals surface area contributed by atoms with E-state index in [1.807, 2.05) is 11.8 Å². The first kappa shape index (κ1) is 15.0. The predicted octanol–water partition coefficient (Wildman–Crippen LogP) is 4.98. The Hall–Kier alpha value is -1.41. The first-order chi connectivity index (χ1) is 9.88. The highest BCUT2D eigenvalue weighted by molar-refractivity contribution is 7.98. The van der Waals surface area contributed by atoms with Gasteiger partial charge in [-0.25, -0.2) is 0 Å². The predicted molar refractivity (Wildman–Crippen MR) is 91.5 cm³/mol. The Labute approximate surface area is 126 Å². The van der Waals surface area contributed by atoms with Crippen molar-refractivity contribution >= 4 is 17.4 Å². The second kappa shape index (κ2) is 8.70. The van der Waals surface area contributed by atoms with Crippen molar-refractivity contribution in [1.82, 2.24) is 0 Å². The average molecular weight is 285 g/mol. The summed E-state index contributed by atoms with van der Waals surface area (Å²) in [6.45, 7) is 3.21. The summed E-state index contributed by atoms with van der Waals surface area (Å²) in [4.78, 5) is 0. The van der Waals surface area contributed by atoms with E-state index < -0.39 is 0 Å². The molecule has 0 atom stereocenters. The van der Waals surface area contributed by atoms with Gasteiger partial charge in [0.25, 0.3) is 0 Å². The zero-order valence-corrected chi connectivity index (χ0v) is 13.0. The highest BCUT2D eigenvalue weighted by Crippen LogP contribution is 2.16. The van der Waals surface area contributed by atoms with E-state index in [9.17, 15) is 0 Å². The largest absolute Gasteiger partial charge is 0.385 e. The van der Waals surface area contributed by atoms with Gasteiger partial charge in [0.15, 0.2) is 0 Å². The summed E-state index contributed by atoms with van der Waals surface area (Å²) in [5.41, 5.74) is 4.01. The van der Waals surface area contributed by atoms with Crippen LogP contribution in [0.15, 0.2) is 54.6 Å². The van der Waals surface area contributed by atoms with E-state index in [4.69, 9.17) is 0 Å². The lowest BCUT2D eigenvalue weighted by molar-refractivity contribution is 1.02. The molecule has 0 aromatic heterocycles. The van der Waals surface area contributed by atoms with Crippen LogP contribution in [0.2, 0.25) is 0 Å². The molecule has 0 fully saturated rings. The summed E-state index contributed by atoms with van der Waals surface area (Å²) in [6.07, 6.45) is 2.32. The second-order valence-electron chi connectivity index (χ2n) is 4.91. The summed E-state index contributed by atoms with van der Waals surface area (Å²) in [5, 5.41) is 3.48. The number of nitrogens with one attached hydrogen (secondary N) is 1. The molecule has 0 saturated carbocycles. The highest BCUT2D eigenvalue weighted by atomic mass is 32.2. The van der Waals surface area contributed by atoms with Crippen molar-refractivity contribution in [1.29, 1.82) is 0 Å². The van der Waals surface area contributed by atoms with Crippen LogP contribution in [0.5, 0.6) is 0 Å². The van der Waals surface area contributed by atoms with Crippen LogP contribution in [0.4, 0.5) is 5.69 Å². The Morgan fingerprint density at radius 2 is 1.65 bits per heavy atom. The van der Waals surface area contributed by atoms with Gasteiger partial charge >= 0.3 is 0 Å². The van der Waals surface area contributed by atoms with E-state index in [0.29, 0.717) is 0 Å². The first-order valence-corrected chi connectivity index (χ1v) is 8.48. The van der Waals surface area contributed by atoms with Gasteiger partial charge in [-0.1, -0.05) is 49.4 Å². The number of benzene rings is 2. The van der Waals surface area contributed by atoms with Gasteiger partial charge in [0, 0.05) is 18.0 Å². The molecule has 1 N–H and O–H groups in total. The number of rotatable bonds is 8. The van der Waals surface area contributed by atoms with Gasteiger partial charge in [-0.05, 0) is 41.9 Å². The lowest BCUT2D eigenvalue weighted by Gasteiger charge is -2.07. The summed E-state index contributed by atoms with van der Waals surface area (Å²) in [7, 11) is 0. The number of anilines is 1. The molecule has 2 heteroatoms. The molecule has 2 aromatic rings. The van der Waals surface area contributed by atoms with E-state index in [0.717, 1.165) is 18.7 Å². The van der Waals surface area contributed by atoms with E-state index in [-0.39, 0.29) is 0 Å². The van der Waals surface area contributed by atoms with Crippen LogP contribution in [0.1, 0.15) is 24.5 Å². The molecule has 2 aromatic carbocycles. The van der Waals surface area contributed by atoms with Crippen LogP contribution in [0.3, 0.4) is 0 Å². The standard InChI is InChI=1S/C18H23NS/c1-2-14-20-15-17-8-10-18(11-9-17)19-13-12-16-6-4-3-5-7-16/h3-11,19H,2,12-15H2,1H3. The van der Waals surface area contributed by atoms with E-state index in [2.05, 4.69) is 66.8 Å².